The van der Waals surface area contributed by atoms with E-state index in [0.29, 0.717) is 17.2 Å². The van der Waals surface area contributed by atoms with Gasteiger partial charge in [0.25, 0.3) is 11.8 Å². The van der Waals surface area contributed by atoms with Gasteiger partial charge in [0, 0.05) is 6.08 Å². The number of benzene rings is 2. The Bertz CT molecular complexity index is 857. The van der Waals surface area contributed by atoms with Gasteiger partial charge in [0.05, 0.1) is 14.2 Å². The van der Waals surface area contributed by atoms with Crippen LogP contribution in [0, 0.1) is 13.8 Å². The first-order chi connectivity index (χ1) is 13.4. The Kier molecular flexibility index (Phi) is 7.45. The van der Waals surface area contributed by atoms with E-state index in [1.54, 1.807) is 31.4 Å². The number of rotatable bonds is 7. The molecule has 0 heterocycles. The number of carbonyl (C=O) groups is 2. The topological polar surface area (TPSA) is 85.9 Å². The normalized spacial score (nSPS) is 10.4. The number of aryl methyl sites for hydroxylation is 2. The first-order valence-corrected chi connectivity index (χ1v) is 8.62. The smallest absolute Gasteiger partial charge is 0.276 e. The Labute approximate surface area is 164 Å². The molecule has 2 rings (SSSR count). The van der Waals surface area contributed by atoms with Crippen LogP contribution in [-0.4, -0.2) is 32.6 Å². The van der Waals surface area contributed by atoms with Crippen LogP contribution in [0.2, 0.25) is 0 Å². The van der Waals surface area contributed by atoms with Crippen molar-refractivity contribution < 1.29 is 23.8 Å². The van der Waals surface area contributed by atoms with Crippen LogP contribution in [0.15, 0.2) is 42.5 Å². The lowest BCUT2D eigenvalue weighted by atomic mass is 10.1. The van der Waals surface area contributed by atoms with Gasteiger partial charge in [0.2, 0.25) is 0 Å². The molecule has 7 nitrogen and oxygen atoms in total. The van der Waals surface area contributed by atoms with Crippen molar-refractivity contribution in [2.24, 2.45) is 0 Å². The highest BCUT2D eigenvalue weighted by Gasteiger charge is 2.08. The molecule has 2 amide bonds. The molecule has 2 aromatic rings. The van der Waals surface area contributed by atoms with E-state index in [4.69, 9.17) is 14.2 Å². The number of methoxy groups -OCH3 is 2. The summed E-state index contributed by atoms with van der Waals surface area (Å²) in [6.07, 6.45) is 2.89. The van der Waals surface area contributed by atoms with Crippen molar-refractivity contribution in [1.29, 1.82) is 0 Å². The predicted molar refractivity (Wildman–Crippen MR) is 106 cm³/mol. The molecule has 2 aromatic carbocycles. The zero-order valence-electron chi connectivity index (χ0n) is 16.4. The summed E-state index contributed by atoms with van der Waals surface area (Å²) < 4.78 is 15.9. The Morgan fingerprint density at radius 2 is 1.64 bits per heavy atom. The van der Waals surface area contributed by atoms with Crippen LogP contribution in [0.4, 0.5) is 0 Å². The first-order valence-electron chi connectivity index (χ1n) is 8.62. The van der Waals surface area contributed by atoms with Crippen LogP contribution in [0.5, 0.6) is 17.2 Å². The minimum atomic E-state index is -0.477. The fraction of sp³-hybridized carbons (Fsp3) is 0.238. The van der Waals surface area contributed by atoms with Gasteiger partial charge in [0.1, 0.15) is 5.75 Å². The monoisotopic (exact) mass is 384 g/mol. The SMILES string of the molecule is COc1ccc(/C=C/C(=O)NNC(=O)COc2c(C)cccc2C)cc1OC. The van der Waals surface area contributed by atoms with Crippen molar-refractivity contribution in [3.8, 4) is 17.2 Å². The van der Waals surface area contributed by atoms with Crippen molar-refractivity contribution in [2.75, 3.05) is 20.8 Å². The van der Waals surface area contributed by atoms with Gasteiger partial charge in [-0.05, 0) is 48.7 Å². The zero-order chi connectivity index (χ0) is 20.5. The molecule has 0 aliphatic carbocycles. The van der Waals surface area contributed by atoms with Gasteiger partial charge in [0.15, 0.2) is 18.1 Å². The lowest BCUT2D eigenvalue weighted by Gasteiger charge is -2.12. The van der Waals surface area contributed by atoms with Crippen LogP contribution < -0.4 is 25.1 Å². The Balaban J connectivity index is 1.83. The molecule has 0 aliphatic heterocycles. The number of carbonyl (C=O) groups excluding carboxylic acids is 2. The van der Waals surface area contributed by atoms with Gasteiger partial charge in [-0.2, -0.15) is 0 Å². The highest BCUT2D eigenvalue weighted by molar-refractivity contribution is 5.93. The number of para-hydroxylation sites is 1. The van der Waals surface area contributed by atoms with Crippen LogP contribution in [-0.2, 0) is 9.59 Å². The molecule has 0 radical (unpaired) electrons. The summed E-state index contributed by atoms with van der Waals surface area (Å²) in [6, 6.07) is 11.0. The van der Waals surface area contributed by atoms with E-state index < -0.39 is 11.8 Å². The zero-order valence-corrected chi connectivity index (χ0v) is 16.4. The first kappa shape index (κ1) is 20.8. The molecule has 0 bridgehead atoms. The van der Waals surface area contributed by atoms with E-state index in [1.165, 1.54) is 13.2 Å². The fourth-order valence-electron chi connectivity index (χ4n) is 2.50. The molecule has 0 aliphatic rings. The summed E-state index contributed by atoms with van der Waals surface area (Å²) >= 11 is 0. The van der Waals surface area contributed by atoms with Crippen LogP contribution in [0.25, 0.3) is 6.08 Å². The molecule has 0 atom stereocenters. The van der Waals surface area contributed by atoms with Gasteiger partial charge in [-0.25, -0.2) is 0 Å². The number of amides is 2. The van der Waals surface area contributed by atoms with Crippen molar-refractivity contribution in [1.82, 2.24) is 10.9 Å². The van der Waals surface area contributed by atoms with Crippen molar-refractivity contribution >= 4 is 17.9 Å². The van der Waals surface area contributed by atoms with Gasteiger partial charge in [-0.1, -0.05) is 24.3 Å². The minimum Gasteiger partial charge on any atom is -0.493 e. The summed E-state index contributed by atoms with van der Waals surface area (Å²) in [5, 5.41) is 0. The highest BCUT2D eigenvalue weighted by Crippen LogP contribution is 2.27. The summed E-state index contributed by atoms with van der Waals surface area (Å²) in [4.78, 5) is 23.7. The Hall–Kier alpha value is -3.48. The van der Waals surface area contributed by atoms with Crippen LogP contribution in [0.3, 0.4) is 0 Å². The molecule has 28 heavy (non-hydrogen) atoms. The number of hydrogen-bond acceptors (Lipinski definition) is 5. The number of hydrogen-bond donors (Lipinski definition) is 2. The lowest BCUT2D eigenvalue weighted by molar-refractivity contribution is -0.128. The van der Waals surface area contributed by atoms with Gasteiger partial charge < -0.3 is 14.2 Å². The molecule has 148 valence electrons. The molecule has 0 aromatic heterocycles. The number of hydrazine groups is 1. The average molecular weight is 384 g/mol. The largest absolute Gasteiger partial charge is 0.493 e. The van der Waals surface area contributed by atoms with Gasteiger partial charge in [-0.3, -0.25) is 20.4 Å². The molecule has 0 spiro atoms. The maximum Gasteiger partial charge on any atom is 0.276 e. The Morgan fingerprint density at radius 1 is 0.964 bits per heavy atom. The highest BCUT2D eigenvalue weighted by atomic mass is 16.5. The third kappa shape index (κ3) is 5.77. The van der Waals surface area contributed by atoms with Crippen molar-refractivity contribution in [2.45, 2.75) is 13.8 Å². The molecule has 0 saturated heterocycles. The quantitative estimate of drug-likeness (QED) is 0.566. The van der Waals surface area contributed by atoms with Gasteiger partial charge in [-0.15, -0.1) is 0 Å². The predicted octanol–water partition coefficient (Wildman–Crippen LogP) is 2.56. The molecule has 2 N–H and O–H groups in total. The van der Waals surface area contributed by atoms with Gasteiger partial charge >= 0.3 is 0 Å². The summed E-state index contributed by atoms with van der Waals surface area (Å²) in [5.41, 5.74) is 7.24. The molecule has 0 fully saturated rings. The molecular formula is C21H24N2O5. The van der Waals surface area contributed by atoms with E-state index in [-0.39, 0.29) is 6.61 Å². The second-order valence-electron chi connectivity index (χ2n) is 5.99. The second kappa shape index (κ2) is 10.0. The number of nitrogens with one attached hydrogen (secondary N) is 2. The summed E-state index contributed by atoms with van der Waals surface area (Å²) in [7, 11) is 3.09. The van der Waals surface area contributed by atoms with E-state index in [2.05, 4.69) is 10.9 Å². The summed E-state index contributed by atoms with van der Waals surface area (Å²) in [5.74, 6) is 0.880. The molecule has 0 unspecified atom stereocenters. The van der Waals surface area contributed by atoms with E-state index in [1.807, 2.05) is 32.0 Å². The minimum absolute atomic E-state index is 0.203. The van der Waals surface area contributed by atoms with Crippen LogP contribution >= 0.6 is 0 Å². The second-order valence-corrected chi connectivity index (χ2v) is 5.99. The van der Waals surface area contributed by atoms with Crippen molar-refractivity contribution in [3.05, 3.63) is 59.2 Å². The lowest BCUT2D eigenvalue weighted by Crippen LogP contribution is -2.43. The van der Waals surface area contributed by atoms with E-state index >= 15 is 0 Å². The molecule has 7 heteroatoms. The maximum atomic E-state index is 11.9. The van der Waals surface area contributed by atoms with Crippen LogP contribution in [0.1, 0.15) is 16.7 Å². The van der Waals surface area contributed by atoms with E-state index in [9.17, 15) is 9.59 Å². The number of ether oxygens (including phenoxy) is 3. The van der Waals surface area contributed by atoms with E-state index in [0.717, 1.165) is 16.7 Å². The maximum absolute atomic E-state index is 11.9. The Morgan fingerprint density at radius 3 is 2.29 bits per heavy atom. The third-order valence-corrected chi connectivity index (χ3v) is 3.92. The summed E-state index contributed by atoms with van der Waals surface area (Å²) in [6.45, 7) is 3.60. The molecule has 0 saturated carbocycles. The molecular weight excluding hydrogens is 360 g/mol. The van der Waals surface area contributed by atoms with Crippen molar-refractivity contribution in [3.63, 3.8) is 0 Å². The average Bonchev–Trinajstić information content (AvgIpc) is 2.70. The standard InChI is InChI=1S/C21H24N2O5/c1-14-6-5-7-15(2)21(14)28-13-20(25)23-22-19(24)11-9-16-8-10-17(26-3)18(12-16)27-4/h5-12H,13H2,1-4H3,(H,22,24)(H,23,25)/b11-9+. The fourth-order valence-corrected chi connectivity index (χ4v) is 2.50. The third-order valence-electron chi connectivity index (χ3n) is 3.92.